The summed E-state index contributed by atoms with van der Waals surface area (Å²) in [6.45, 7) is 0.175. The lowest BCUT2D eigenvalue weighted by molar-refractivity contribution is 0.279. The topological polar surface area (TPSA) is 18.5 Å². The summed E-state index contributed by atoms with van der Waals surface area (Å²) in [5.41, 5.74) is 1.60. The first-order valence-electron chi connectivity index (χ1n) is 5.83. The van der Waals surface area contributed by atoms with Crippen LogP contribution in [-0.4, -0.2) is 7.11 Å². The Labute approximate surface area is 120 Å². The van der Waals surface area contributed by atoms with Gasteiger partial charge < -0.3 is 9.47 Å². The molecular formula is C15H14BrFO2. The van der Waals surface area contributed by atoms with E-state index in [4.69, 9.17) is 9.47 Å². The van der Waals surface area contributed by atoms with E-state index in [1.807, 2.05) is 18.2 Å². The normalized spacial score (nSPS) is 10.3. The first kappa shape index (κ1) is 13.9. The van der Waals surface area contributed by atoms with E-state index in [1.54, 1.807) is 25.3 Å². The monoisotopic (exact) mass is 324 g/mol. The quantitative estimate of drug-likeness (QED) is 0.763. The summed E-state index contributed by atoms with van der Waals surface area (Å²) >= 11 is 3.39. The molecule has 2 rings (SSSR count). The maximum atomic E-state index is 13.5. The van der Waals surface area contributed by atoms with Crippen molar-refractivity contribution in [3.63, 3.8) is 0 Å². The Balaban J connectivity index is 2.16. The molecule has 0 aromatic heterocycles. The molecule has 0 radical (unpaired) electrons. The van der Waals surface area contributed by atoms with Crippen molar-refractivity contribution in [1.29, 1.82) is 0 Å². The molecule has 2 nitrogen and oxygen atoms in total. The third kappa shape index (κ3) is 3.47. The summed E-state index contributed by atoms with van der Waals surface area (Å²) in [6, 6.07) is 12.2. The average Bonchev–Trinajstić information content (AvgIpc) is 2.46. The van der Waals surface area contributed by atoms with Gasteiger partial charge in [0.15, 0.2) is 11.5 Å². The molecular weight excluding hydrogens is 311 g/mol. The van der Waals surface area contributed by atoms with Gasteiger partial charge in [-0.15, -0.1) is 0 Å². The summed E-state index contributed by atoms with van der Waals surface area (Å²) in [6.07, 6.45) is 0. The average molecular weight is 325 g/mol. The first-order valence-corrected chi connectivity index (χ1v) is 6.96. The first-order chi connectivity index (χ1) is 9.24. The van der Waals surface area contributed by atoms with Gasteiger partial charge in [0.05, 0.1) is 7.11 Å². The van der Waals surface area contributed by atoms with Crippen LogP contribution in [0.4, 0.5) is 4.39 Å². The van der Waals surface area contributed by atoms with Crippen molar-refractivity contribution in [2.75, 3.05) is 7.11 Å². The van der Waals surface area contributed by atoms with Gasteiger partial charge in [-0.25, -0.2) is 4.39 Å². The minimum atomic E-state index is -0.266. The minimum Gasteiger partial charge on any atom is -0.493 e. The van der Waals surface area contributed by atoms with Gasteiger partial charge in [-0.3, -0.25) is 0 Å². The van der Waals surface area contributed by atoms with Crippen LogP contribution in [0.25, 0.3) is 0 Å². The zero-order valence-electron chi connectivity index (χ0n) is 10.5. The van der Waals surface area contributed by atoms with E-state index in [9.17, 15) is 4.39 Å². The second kappa shape index (κ2) is 6.57. The highest BCUT2D eigenvalue weighted by molar-refractivity contribution is 9.08. The summed E-state index contributed by atoms with van der Waals surface area (Å²) in [5, 5.41) is 0.729. The van der Waals surface area contributed by atoms with E-state index in [1.165, 1.54) is 6.07 Å². The number of methoxy groups -OCH3 is 1. The van der Waals surface area contributed by atoms with Crippen molar-refractivity contribution in [1.82, 2.24) is 0 Å². The Morgan fingerprint density at radius 2 is 1.89 bits per heavy atom. The van der Waals surface area contributed by atoms with Crippen LogP contribution in [0.3, 0.4) is 0 Å². The van der Waals surface area contributed by atoms with Crippen LogP contribution in [0.15, 0.2) is 42.5 Å². The lowest BCUT2D eigenvalue weighted by Gasteiger charge is -2.12. The molecule has 0 aliphatic heterocycles. The van der Waals surface area contributed by atoms with Crippen LogP contribution in [0.1, 0.15) is 11.1 Å². The van der Waals surface area contributed by atoms with Crippen LogP contribution in [-0.2, 0) is 11.9 Å². The SMILES string of the molecule is COc1ccc(CBr)cc1OCc1ccccc1F. The highest BCUT2D eigenvalue weighted by atomic mass is 79.9. The van der Waals surface area contributed by atoms with E-state index in [0.717, 1.165) is 10.9 Å². The predicted octanol–water partition coefficient (Wildman–Crippen LogP) is 4.31. The number of halogens is 2. The molecule has 0 aliphatic rings. The molecule has 0 unspecified atom stereocenters. The minimum absolute atomic E-state index is 0.175. The maximum absolute atomic E-state index is 13.5. The van der Waals surface area contributed by atoms with Crippen molar-refractivity contribution >= 4 is 15.9 Å². The van der Waals surface area contributed by atoms with Gasteiger partial charge >= 0.3 is 0 Å². The Morgan fingerprint density at radius 3 is 2.58 bits per heavy atom. The molecule has 0 atom stereocenters. The fraction of sp³-hybridized carbons (Fsp3) is 0.200. The lowest BCUT2D eigenvalue weighted by Crippen LogP contribution is -2.00. The summed E-state index contributed by atoms with van der Waals surface area (Å²) < 4.78 is 24.4. The number of rotatable bonds is 5. The molecule has 0 N–H and O–H groups in total. The van der Waals surface area contributed by atoms with Crippen molar-refractivity contribution in [3.05, 3.63) is 59.4 Å². The number of alkyl halides is 1. The fourth-order valence-electron chi connectivity index (χ4n) is 1.69. The standard InChI is InChI=1S/C15H14BrFO2/c1-18-14-7-6-11(9-16)8-15(14)19-10-12-4-2-3-5-13(12)17/h2-8H,9-10H2,1H3. The molecule has 0 saturated carbocycles. The molecule has 100 valence electrons. The lowest BCUT2D eigenvalue weighted by atomic mass is 10.2. The van der Waals surface area contributed by atoms with E-state index in [2.05, 4.69) is 15.9 Å². The molecule has 0 amide bonds. The summed E-state index contributed by atoms with van der Waals surface area (Å²) in [7, 11) is 1.58. The highest BCUT2D eigenvalue weighted by Crippen LogP contribution is 2.29. The van der Waals surface area contributed by atoms with Crippen LogP contribution >= 0.6 is 15.9 Å². The third-order valence-corrected chi connectivity index (χ3v) is 3.37. The van der Waals surface area contributed by atoms with Crippen molar-refractivity contribution in [2.45, 2.75) is 11.9 Å². The zero-order chi connectivity index (χ0) is 13.7. The van der Waals surface area contributed by atoms with Gasteiger partial charge in [0, 0.05) is 10.9 Å². The number of hydrogen-bond donors (Lipinski definition) is 0. The molecule has 19 heavy (non-hydrogen) atoms. The Kier molecular flexibility index (Phi) is 4.80. The molecule has 2 aromatic rings. The molecule has 0 aliphatic carbocycles. The summed E-state index contributed by atoms with van der Waals surface area (Å²) in [4.78, 5) is 0. The fourth-order valence-corrected chi connectivity index (χ4v) is 2.04. The molecule has 0 heterocycles. The van der Waals surface area contributed by atoms with Crippen LogP contribution < -0.4 is 9.47 Å². The van der Waals surface area contributed by atoms with Crippen molar-refractivity contribution < 1.29 is 13.9 Å². The van der Waals surface area contributed by atoms with Crippen molar-refractivity contribution in [2.24, 2.45) is 0 Å². The Hall–Kier alpha value is -1.55. The second-order valence-electron chi connectivity index (χ2n) is 4.00. The molecule has 0 saturated heterocycles. The molecule has 0 bridgehead atoms. The van der Waals surface area contributed by atoms with E-state index >= 15 is 0 Å². The van der Waals surface area contributed by atoms with Gasteiger partial charge in [-0.2, -0.15) is 0 Å². The van der Waals surface area contributed by atoms with Gasteiger partial charge in [-0.1, -0.05) is 40.2 Å². The predicted molar refractivity (Wildman–Crippen MR) is 76.4 cm³/mol. The summed E-state index contributed by atoms with van der Waals surface area (Å²) in [5.74, 6) is 0.988. The van der Waals surface area contributed by atoms with Gasteiger partial charge in [0.25, 0.3) is 0 Å². The van der Waals surface area contributed by atoms with E-state index in [0.29, 0.717) is 17.1 Å². The van der Waals surface area contributed by atoms with Gasteiger partial charge in [0.1, 0.15) is 12.4 Å². The number of ether oxygens (including phenoxy) is 2. The molecule has 0 fully saturated rings. The van der Waals surface area contributed by atoms with E-state index in [-0.39, 0.29) is 12.4 Å². The maximum Gasteiger partial charge on any atom is 0.161 e. The Morgan fingerprint density at radius 1 is 1.11 bits per heavy atom. The molecule has 4 heteroatoms. The highest BCUT2D eigenvalue weighted by Gasteiger charge is 2.07. The Bertz CT molecular complexity index is 558. The smallest absolute Gasteiger partial charge is 0.161 e. The third-order valence-electron chi connectivity index (χ3n) is 2.72. The van der Waals surface area contributed by atoms with Gasteiger partial charge in [-0.05, 0) is 23.8 Å². The van der Waals surface area contributed by atoms with Crippen LogP contribution in [0.2, 0.25) is 0 Å². The van der Waals surface area contributed by atoms with E-state index < -0.39 is 0 Å². The molecule has 0 spiro atoms. The number of hydrogen-bond acceptors (Lipinski definition) is 2. The van der Waals surface area contributed by atoms with Crippen LogP contribution in [0, 0.1) is 5.82 Å². The van der Waals surface area contributed by atoms with Crippen molar-refractivity contribution in [3.8, 4) is 11.5 Å². The zero-order valence-corrected chi connectivity index (χ0v) is 12.1. The van der Waals surface area contributed by atoms with Gasteiger partial charge in [0.2, 0.25) is 0 Å². The second-order valence-corrected chi connectivity index (χ2v) is 4.56. The number of benzene rings is 2. The molecule has 2 aromatic carbocycles. The van der Waals surface area contributed by atoms with Crippen LogP contribution in [0.5, 0.6) is 11.5 Å². The largest absolute Gasteiger partial charge is 0.493 e.